The Kier molecular flexibility index (Phi) is 5.66. The number of nitrogens with one attached hydrogen (secondary N) is 1. The summed E-state index contributed by atoms with van der Waals surface area (Å²) >= 11 is 0. The van der Waals surface area contributed by atoms with Gasteiger partial charge in [0, 0.05) is 32.1 Å². The average molecular weight is 342 g/mol. The van der Waals surface area contributed by atoms with Crippen LogP contribution < -0.4 is 10.1 Å². The molecule has 2 aromatic carbocycles. The first kappa shape index (κ1) is 17.4. The van der Waals surface area contributed by atoms with Gasteiger partial charge >= 0.3 is 0 Å². The third-order valence-corrected chi connectivity index (χ3v) is 4.53. The second kappa shape index (κ2) is 8.12. The van der Waals surface area contributed by atoms with Gasteiger partial charge in [0.05, 0.1) is 7.11 Å². The standard InChI is InChI=1S/C20H23FN2O2/c1-25-19-4-2-3-16(11-19)13-22-18-12-20(24)23(14-18)10-9-15-5-7-17(21)8-6-15/h2-8,11,18,22H,9-10,12-14H2,1H3. The summed E-state index contributed by atoms with van der Waals surface area (Å²) in [6.45, 7) is 2.09. The number of nitrogens with zero attached hydrogens (tertiary/aromatic N) is 1. The summed E-state index contributed by atoms with van der Waals surface area (Å²) in [6, 6.07) is 14.5. The number of hydrogen-bond donors (Lipinski definition) is 1. The molecular weight excluding hydrogens is 319 g/mol. The van der Waals surface area contributed by atoms with Gasteiger partial charge in [0.2, 0.25) is 5.91 Å². The van der Waals surface area contributed by atoms with E-state index in [9.17, 15) is 9.18 Å². The summed E-state index contributed by atoms with van der Waals surface area (Å²) < 4.78 is 18.2. The van der Waals surface area contributed by atoms with Crippen molar-refractivity contribution in [1.82, 2.24) is 10.2 Å². The third kappa shape index (κ3) is 4.79. The Balaban J connectivity index is 1.47. The van der Waals surface area contributed by atoms with Crippen molar-refractivity contribution in [2.45, 2.75) is 25.4 Å². The monoisotopic (exact) mass is 342 g/mol. The van der Waals surface area contributed by atoms with Gasteiger partial charge < -0.3 is 15.0 Å². The minimum atomic E-state index is -0.234. The molecule has 1 atom stereocenters. The van der Waals surface area contributed by atoms with Crippen LogP contribution in [0.5, 0.6) is 5.75 Å². The Bertz CT molecular complexity index is 718. The van der Waals surface area contributed by atoms with Crippen molar-refractivity contribution in [3.05, 3.63) is 65.5 Å². The van der Waals surface area contributed by atoms with Gasteiger partial charge in [0.25, 0.3) is 0 Å². The van der Waals surface area contributed by atoms with E-state index in [0.717, 1.165) is 23.3 Å². The van der Waals surface area contributed by atoms with E-state index in [-0.39, 0.29) is 17.8 Å². The number of likely N-dealkylation sites (tertiary alicyclic amines) is 1. The number of amides is 1. The fraction of sp³-hybridized carbons (Fsp3) is 0.350. The predicted octanol–water partition coefficient (Wildman–Crippen LogP) is 2.77. The van der Waals surface area contributed by atoms with Gasteiger partial charge in [-0.15, -0.1) is 0 Å². The second-order valence-electron chi connectivity index (χ2n) is 6.35. The number of methoxy groups -OCH3 is 1. The molecule has 0 bridgehead atoms. The van der Waals surface area contributed by atoms with Gasteiger partial charge in [-0.1, -0.05) is 24.3 Å². The first-order valence-electron chi connectivity index (χ1n) is 8.52. The molecule has 1 amide bonds. The maximum Gasteiger partial charge on any atom is 0.224 e. The molecule has 1 N–H and O–H groups in total. The number of carbonyl (C=O) groups is 1. The van der Waals surface area contributed by atoms with Gasteiger partial charge in [-0.2, -0.15) is 0 Å². The lowest BCUT2D eigenvalue weighted by Gasteiger charge is -2.17. The molecule has 1 saturated heterocycles. The number of rotatable bonds is 7. The third-order valence-electron chi connectivity index (χ3n) is 4.53. The molecule has 0 aliphatic carbocycles. The second-order valence-corrected chi connectivity index (χ2v) is 6.35. The van der Waals surface area contributed by atoms with Crippen molar-refractivity contribution < 1.29 is 13.9 Å². The van der Waals surface area contributed by atoms with E-state index in [2.05, 4.69) is 5.32 Å². The van der Waals surface area contributed by atoms with E-state index >= 15 is 0 Å². The van der Waals surface area contributed by atoms with Crippen molar-refractivity contribution in [3.8, 4) is 5.75 Å². The van der Waals surface area contributed by atoms with Gasteiger partial charge in [-0.25, -0.2) is 4.39 Å². The number of hydrogen-bond acceptors (Lipinski definition) is 3. The van der Waals surface area contributed by atoms with Crippen LogP contribution >= 0.6 is 0 Å². The Hall–Kier alpha value is -2.40. The van der Waals surface area contributed by atoms with E-state index in [1.54, 1.807) is 19.2 Å². The number of ether oxygens (including phenoxy) is 1. The smallest absolute Gasteiger partial charge is 0.224 e. The quantitative estimate of drug-likeness (QED) is 0.841. The maximum atomic E-state index is 12.9. The molecule has 0 saturated carbocycles. The van der Waals surface area contributed by atoms with Crippen LogP contribution in [0.15, 0.2) is 48.5 Å². The van der Waals surface area contributed by atoms with E-state index in [1.165, 1.54) is 12.1 Å². The van der Waals surface area contributed by atoms with Crippen LogP contribution in [0.4, 0.5) is 4.39 Å². The van der Waals surface area contributed by atoms with Crippen LogP contribution in [0.1, 0.15) is 17.5 Å². The van der Waals surface area contributed by atoms with E-state index in [0.29, 0.717) is 26.1 Å². The SMILES string of the molecule is COc1cccc(CNC2CC(=O)N(CCc3ccc(F)cc3)C2)c1. The lowest BCUT2D eigenvalue weighted by molar-refractivity contribution is -0.127. The first-order valence-corrected chi connectivity index (χ1v) is 8.52. The van der Waals surface area contributed by atoms with Gasteiger partial charge in [-0.05, 0) is 41.8 Å². The summed E-state index contributed by atoms with van der Waals surface area (Å²) in [5.74, 6) is 0.774. The largest absolute Gasteiger partial charge is 0.497 e. The van der Waals surface area contributed by atoms with Crippen LogP contribution in [0, 0.1) is 5.82 Å². The molecule has 0 aromatic heterocycles. The van der Waals surface area contributed by atoms with Crippen molar-refractivity contribution in [1.29, 1.82) is 0 Å². The molecule has 1 aliphatic rings. The summed E-state index contributed by atoms with van der Waals surface area (Å²) in [4.78, 5) is 14.1. The molecule has 1 unspecified atom stereocenters. The molecule has 3 rings (SSSR count). The lowest BCUT2D eigenvalue weighted by atomic mass is 10.1. The molecule has 0 spiro atoms. The van der Waals surface area contributed by atoms with Crippen LogP contribution in [-0.4, -0.2) is 37.0 Å². The van der Waals surface area contributed by atoms with Gasteiger partial charge in [-0.3, -0.25) is 4.79 Å². The van der Waals surface area contributed by atoms with Crippen LogP contribution in [-0.2, 0) is 17.8 Å². The van der Waals surface area contributed by atoms with Crippen LogP contribution in [0.3, 0.4) is 0 Å². The van der Waals surface area contributed by atoms with Crippen LogP contribution in [0.25, 0.3) is 0 Å². The molecule has 1 fully saturated rings. The minimum Gasteiger partial charge on any atom is -0.497 e. The zero-order valence-electron chi connectivity index (χ0n) is 14.4. The van der Waals surface area contributed by atoms with Crippen molar-refractivity contribution >= 4 is 5.91 Å². The first-order chi connectivity index (χ1) is 12.1. The molecule has 5 heteroatoms. The van der Waals surface area contributed by atoms with Crippen molar-refractivity contribution in [3.63, 3.8) is 0 Å². The highest BCUT2D eigenvalue weighted by molar-refractivity contribution is 5.79. The summed E-state index contributed by atoms with van der Waals surface area (Å²) in [5.41, 5.74) is 2.18. The molecule has 25 heavy (non-hydrogen) atoms. The Labute approximate surface area is 147 Å². The number of carbonyl (C=O) groups excluding carboxylic acids is 1. The van der Waals surface area contributed by atoms with E-state index in [4.69, 9.17) is 4.74 Å². The Morgan fingerprint density at radius 2 is 2.00 bits per heavy atom. The van der Waals surface area contributed by atoms with Crippen LogP contribution in [0.2, 0.25) is 0 Å². The fourth-order valence-corrected chi connectivity index (χ4v) is 3.08. The maximum absolute atomic E-state index is 12.9. The number of halogens is 1. The molecule has 1 heterocycles. The zero-order valence-corrected chi connectivity index (χ0v) is 14.4. The average Bonchev–Trinajstić information content (AvgIpc) is 2.99. The highest BCUT2D eigenvalue weighted by Crippen LogP contribution is 2.15. The van der Waals surface area contributed by atoms with Crippen molar-refractivity contribution in [2.75, 3.05) is 20.2 Å². The Morgan fingerprint density at radius 3 is 2.76 bits per heavy atom. The van der Waals surface area contributed by atoms with E-state index in [1.807, 2.05) is 29.2 Å². The summed E-state index contributed by atoms with van der Waals surface area (Å²) in [7, 11) is 1.65. The summed E-state index contributed by atoms with van der Waals surface area (Å²) in [5, 5.41) is 3.45. The normalized spacial score (nSPS) is 17.1. The molecule has 132 valence electrons. The number of benzene rings is 2. The molecule has 1 aliphatic heterocycles. The van der Waals surface area contributed by atoms with E-state index < -0.39 is 0 Å². The topological polar surface area (TPSA) is 41.6 Å². The molecular formula is C20H23FN2O2. The summed E-state index contributed by atoms with van der Waals surface area (Å²) in [6.07, 6.45) is 1.27. The minimum absolute atomic E-state index is 0.159. The highest BCUT2D eigenvalue weighted by Gasteiger charge is 2.28. The van der Waals surface area contributed by atoms with Gasteiger partial charge in [0.15, 0.2) is 0 Å². The Morgan fingerprint density at radius 1 is 1.20 bits per heavy atom. The molecule has 4 nitrogen and oxygen atoms in total. The van der Waals surface area contributed by atoms with Crippen molar-refractivity contribution in [2.24, 2.45) is 0 Å². The predicted molar refractivity (Wildman–Crippen MR) is 94.9 cm³/mol. The van der Waals surface area contributed by atoms with Gasteiger partial charge in [0.1, 0.15) is 11.6 Å². The molecule has 0 radical (unpaired) electrons. The zero-order chi connectivity index (χ0) is 17.6. The highest BCUT2D eigenvalue weighted by atomic mass is 19.1. The molecule has 2 aromatic rings. The lowest BCUT2D eigenvalue weighted by Crippen LogP contribution is -2.33. The fourth-order valence-electron chi connectivity index (χ4n) is 3.08.